The van der Waals surface area contributed by atoms with E-state index < -0.39 is 7.12 Å². The number of benzene rings is 1. The van der Waals surface area contributed by atoms with Crippen LogP contribution in [0.3, 0.4) is 0 Å². The minimum atomic E-state index is -0.403. The van der Waals surface area contributed by atoms with Crippen molar-refractivity contribution in [3.8, 4) is 0 Å². The van der Waals surface area contributed by atoms with E-state index in [4.69, 9.17) is 9.31 Å². The van der Waals surface area contributed by atoms with Crippen LogP contribution in [-0.4, -0.2) is 24.6 Å². The molecule has 102 valence electrons. The van der Waals surface area contributed by atoms with Crippen molar-refractivity contribution in [2.45, 2.75) is 52.2 Å². The predicted octanol–water partition coefficient (Wildman–Crippen LogP) is 2.36. The third kappa shape index (κ3) is 2.47. The van der Waals surface area contributed by atoms with E-state index in [1.807, 2.05) is 45.9 Å². The minimum Gasteiger partial charge on any atom is -0.399 e. The van der Waals surface area contributed by atoms with Crippen LogP contribution >= 0.6 is 0 Å². The molecular weight excluding hydrogens is 239 g/mol. The molecule has 1 aromatic carbocycles. The zero-order valence-electron chi connectivity index (χ0n) is 12.3. The van der Waals surface area contributed by atoms with Gasteiger partial charge in [-0.3, -0.25) is 4.79 Å². The van der Waals surface area contributed by atoms with E-state index in [2.05, 4.69) is 6.92 Å². The molecule has 1 aliphatic heterocycles. The van der Waals surface area contributed by atoms with Crippen LogP contribution in [0, 0.1) is 0 Å². The molecule has 3 nitrogen and oxygen atoms in total. The van der Waals surface area contributed by atoms with Crippen molar-refractivity contribution in [2.24, 2.45) is 0 Å². The first-order valence-electron chi connectivity index (χ1n) is 6.74. The van der Waals surface area contributed by atoms with Crippen LogP contribution in [0.15, 0.2) is 18.2 Å². The van der Waals surface area contributed by atoms with Gasteiger partial charge in [-0.25, -0.2) is 0 Å². The van der Waals surface area contributed by atoms with Gasteiger partial charge in [-0.05, 0) is 45.1 Å². The highest BCUT2D eigenvalue weighted by Crippen LogP contribution is 2.36. The lowest BCUT2D eigenvalue weighted by Crippen LogP contribution is -2.41. The Hall–Kier alpha value is -1.13. The highest BCUT2D eigenvalue weighted by atomic mass is 16.7. The molecule has 0 amide bonds. The van der Waals surface area contributed by atoms with Crippen molar-refractivity contribution in [2.75, 3.05) is 0 Å². The van der Waals surface area contributed by atoms with Crippen LogP contribution < -0.4 is 5.46 Å². The molecule has 4 heteroatoms. The normalized spacial score (nSPS) is 20.6. The predicted molar refractivity (Wildman–Crippen MR) is 76.9 cm³/mol. The number of hydrogen-bond acceptors (Lipinski definition) is 3. The summed E-state index contributed by atoms with van der Waals surface area (Å²) in [5.74, 6) is 0. The van der Waals surface area contributed by atoms with Crippen LogP contribution in [0.5, 0.6) is 0 Å². The quantitative estimate of drug-likeness (QED) is 0.618. The lowest BCUT2D eigenvalue weighted by atomic mass is 9.74. The van der Waals surface area contributed by atoms with Crippen LogP contribution in [-0.2, 0) is 15.7 Å². The Morgan fingerprint density at radius 1 is 1.16 bits per heavy atom. The monoisotopic (exact) mass is 260 g/mol. The molecule has 0 radical (unpaired) electrons. The van der Waals surface area contributed by atoms with Crippen LogP contribution in [0.4, 0.5) is 0 Å². The summed E-state index contributed by atoms with van der Waals surface area (Å²) < 4.78 is 12.1. The second-order valence-corrected chi connectivity index (χ2v) is 6.02. The number of rotatable bonds is 3. The van der Waals surface area contributed by atoms with Crippen molar-refractivity contribution in [1.82, 2.24) is 0 Å². The maximum Gasteiger partial charge on any atom is 0.495 e. The number of aldehydes is 1. The standard InChI is InChI=1S/C15H21BO3/c1-6-12-8-7-11(10-17)9-13(12)16-18-14(2,3)15(4,5)19-16/h7-10H,6H2,1-5H3. The maximum absolute atomic E-state index is 10.9. The molecule has 2 rings (SSSR count). The van der Waals surface area contributed by atoms with Crippen molar-refractivity contribution >= 4 is 18.9 Å². The van der Waals surface area contributed by atoms with Crippen molar-refractivity contribution in [3.05, 3.63) is 29.3 Å². The Labute approximate surface area is 115 Å². The Morgan fingerprint density at radius 2 is 1.74 bits per heavy atom. The fourth-order valence-corrected chi connectivity index (χ4v) is 2.20. The largest absolute Gasteiger partial charge is 0.495 e. The van der Waals surface area contributed by atoms with E-state index in [0.717, 1.165) is 23.7 Å². The van der Waals surface area contributed by atoms with Crippen molar-refractivity contribution < 1.29 is 14.1 Å². The summed E-state index contributed by atoms with van der Waals surface area (Å²) in [4.78, 5) is 10.9. The summed E-state index contributed by atoms with van der Waals surface area (Å²) >= 11 is 0. The van der Waals surface area contributed by atoms with E-state index in [1.54, 1.807) is 0 Å². The molecular formula is C15H21BO3. The number of carbonyl (C=O) groups excluding carboxylic acids is 1. The number of aryl methyl sites for hydroxylation is 1. The van der Waals surface area contributed by atoms with Gasteiger partial charge in [-0.2, -0.15) is 0 Å². The van der Waals surface area contributed by atoms with Crippen LogP contribution in [0.2, 0.25) is 0 Å². The molecule has 0 unspecified atom stereocenters. The molecule has 1 heterocycles. The third-order valence-electron chi connectivity index (χ3n) is 4.19. The third-order valence-corrected chi connectivity index (χ3v) is 4.19. The fraction of sp³-hybridized carbons (Fsp3) is 0.533. The highest BCUT2D eigenvalue weighted by Gasteiger charge is 2.52. The molecule has 0 aliphatic carbocycles. The molecule has 0 aromatic heterocycles. The molecule has 0 N–H and O–H groups in total. The van der Waals surface area contributed by atoms with Gasteiger partial charge < -0.3 is 9.31 Å². The van der Waals surface area contributed by atoms with Gasteiger partial charge in [0, 0.05) is 5.56 Å². The van der Waals surface area contributed by atoms with E-state index >= 15 is 0 Å². The average Bonchev–Trinajstić information content (AvgIpc) is 2.57. The van der Waals surface area contributed by atoms with Gasteiger partial charge in [-0.1, -0.05) is 25.1 Å². The molecule has 0 bridgehead atoms. The Morgan fingerprint density at radius 3 is 2.21 bits per heavy atom. The molecule has 1 aliphatic rings. The topological polar surface area (TPSA) is 35.5 Å². The van der Waals surface area contributed by atoms with Gasteiger partial charge in [0.1, 0.15) is 6.29 Å². The summed E-state index contributed by atoms with van der Waals surface area (Å²) in [6, 6.07) is 5.68. The summed E-state index contributed by atoms with van der Waals surface area (Å²) in [7, 11) is -0.403. The molecule has 1 aromatic rings. The van der Waals surface area contributed by atoms with Crippen molar-refractivity contribution in [3.63, 3.8) is 0 Å². The molecule has 19 heavy (non-hydrogen) atoms. The second kappa shape index (κ2) is 4.76. The molecule has 1 saturated heterocycles. The summed E-state index contributed by atoms with van der Waals surface area (Å²) in [6.45, 7) is 10.2. The molecule has 1 fully saturated rings. The Bertz CT molecular complexity index is 478. The van der Waals surface area contributed by atoms with E-state index in [0.29, 0.717) is 5.56 Å². The van der Waals surface area contributed by atoms with E-state index in [1.165, 1.54) is 0 Å². The zero-order valence-corrected chi connectivity index (χ0v) is 12.3. The summed E-state index contributed by atoms with van der Waals surface area (Å²) in [5, 5.41) is 0. The van der Waals surface area contributed by atoms with Gasteiger partial charge in [0.25, 0.3) is 0 Å². The SMILES string of the molecule is CCc1ccc(C=O)cc1B1OC(C)(C)C(C)(C)O1. The highest BCUT2D eigenvalue weighted by molar-refractivity contribution is 6.62. The Balaban J connectivity index is 2.40. The first-order chi connectivity index (χ1) is 8.80. The first kappa shape index (κ1) is 14.3. The molecule has 0 spiro atoms. The van der Waals surface area contributed by atoms with Crippen molar-refractivity contribution in [1.29, 1.82) is 0 Å². The number of carbonyl (C=O) groups is 1. The van der Waals surface area contributed by atoms with E-state index in [-0.39, 0.29) is 11.2 Å². The lowest BCUT2D eigenvalue weighted by Gasteiger charge is -2.32. The minimum absolute atomic E-state index is 0.361. The second-order valence-electron chi connectivity index (χ2n) is 6.02. The van der Waals surface area contributed by atoms with Crippen LogP contribution in [0.1, 0.15) is 50.5 Å². The van der Waals surface area contributed by atoms with Gasteiger partial charge >= 0.3 is 7.12 Å². The van der Waals surface area contributed by atoms with Gasteiger partial charge in [0.2, 0.25) is 0 Å². The first-order valence-corrected chi connectivity index (χ1v) is 6.74. The zero-order chi connectivity index (χ0) is 14.3. The summed E-state index contributed by atoms with van der Waals surface area (Å²) in [5.41, 5.74) is 2.05. The van der Waals surface area contributed by atoms with Crippen LogP contribution in [0.25, 0.3) is 0 Å². The lowest BCUT2D eigenvalue weighted by molar-refractivity contribution is 0.00578. The van der Waals surface area contributed by atoms with Gasteiger partial charge in [0.15, 0.2) is 0 Å². The molecule has 0 atom stereocenters. The van der Waals surface area contributed by atoms with Gasteiger partial charge in [0.05, 0.1) is 11.2 Å². The average molecular weight is 260 g/mol. The van der Waals surface area contributed by atoms with E-state index in [9.17, 15) is 4.79 Å². The smallest absolute Gasteiger partial charge is 0.399 e. The maximum atomic E-state index is 10.9. The number of hydrogen-bond donors (Lipinski definition) is 0. The Kier molecular flexibility index (Phi) is 3.58. The molecule has 0 saturated carbocycles. The van der Waals surface area contributed by atoms with Gasteiger partial charge in [-0.15, -0.1) is 0 Å². The fourth-order valence-electron chi connectivity index (χ4n) is 2.20. The summed E-state index contributed by atoms with van der Waals surface area (Å²) in [6.07, 6.45) is 1.74.